The minimum atomic E-state index is 0.412. The molecule has 2 aliphatic heterocycles. The number of carbonyl (C=O) groups excluding carboxylic acids is 1. The van der Waals surface area contributed by atoms with Gasteiger partial charge in [0.2, 0.25) is 5.91 Å². The van der Waals surface area contributed by atoms with Crippen molar-refractivity contribution < 1.29 is 4.79 Å². The highest BCUT2D eigenvalue weighted by Crippen LogP contribution is 2.50. The minimum absolute atomic E-state index is 0.412. The molecular formula is C15H24N2O. The van der Waals surface area contributed by atoms with Crippen molar-refractivity contribution in [3.63, 3.8) is 0 Å². The van der Waals surface area contributed by atoms with Crippen LogP contribution in [0.3, 0.4) is 0 Å². The molecule has 1 amide bonds. The highest BCUT2D eigenvalue weighted by molar-refractivity contribution is 5.80. The molecule has 0 bridgehead atoms. The van der Waals surface area contributed by atoms with Gasteiger partial charge in [0, 0.05) is 31.0 Å². The Hall–Kier alpha value is -0.570. The molecule has 3 nitrogen and oxygen atoms in total. The molecule has 0 aromatic carbocycles. The van der Waals surface area contributed by atoms with Crippen LogP contribution in [0, 0.1) is 23.2 Å². The zero-order valence-electron chi connectivity index (χ0n) is 11.2. The predicted molar refractivity (Wildman–Crippen MR) is 70.1 cm³/mol. The van der Waals surface area contributed by atoms with E-state index in [0.717, 1.165) is 38.0 Å². The fourth-order valence-corrected chi connectivity index (χ4v) is 4.18. The van der Waals surface area contributed by atoms with Crippen LogP contribution in [0.4, 0.5) is 0 Å². The maximum absolute atomic E-state index is 12.8. The smallest absolute Gasteiger partial charge is 0.226 e. The highest BCUT2D eigenvalue weighted by Gasteiger charge is 2.49. The van der Waals surface area contributed by atoms with Gasteiger partial charge in [0.05, 0.1) is 0 Å². The lowest BCUT2D eigenvalue weighted by atomic mass is 9.86. The Balaban J connectivity index is 1.45. The van der Waals surface area contributed by atoms with Crippen molar-refractivity contribution in [2.24, 2.45) is 23.2 Å². The molecule has 1 spiro atoms. The van der Waals surface area contributed by atoms with E-state index in [2.05, 4.69) is 10.2 Å². The van der Waals surface area contributed by atoms with Gasteiger partial charge in [-0.25, -0.2) is 0 Å². The molecule has 1 atom stereocenters. The standard InChI is InChI=1S/C15H24N2O/c18-14(13(11-1-2-11)12-3-4-12)17-8-6-15(10-17)5-7-16-9-15/h11-13,16H,1-10H2. The Bertz CT molecular complexity index is 342. The Kier molecular flexibility index (Phi) is 2.48. The van der Waals surface area contributed by atoms with Gasteiger partial charge in [0.25, 0.3) is 0 Å². The van der Waals surface area contributed by atoms with Gasteiger partial charge >= 0.3 is 0 Å². The fraction of sp³-hybridized carbons (Fsp3) is 0.933. The molecule has 0 aromatic heterocycles. The first-order valence-electron chi connectivity index (χ1n) is 7.77. The summed E-state index contributed by atoms with van der Waals surface area (Å²) in [7, 11) is 0. The van der Waals surface area contributed by atoms with Crippen LogP contribution in [0.15, 0.2) is 0 Å². The summed E-state index contributed by atoms with van der Waals surface area (Å²) in [4.78, 5) is 15.0. The third-order valence-corrected chi connectivity index (χ3v) is 5.63. The average Bonchev–Trinajstić information content (AvgIpc) is 3.31. The second kappa shape index (κ2) is 3.96. The summed E-state index contributed by atoms with van der Waals surface area (Å²) in [5, 5.41) is 3.48. The molecule has 4 fully saturated rings. The van der Waals surface area contributed by atoms with Crippen LogP contribution in [0.25, 0.3) is 0 Å². The number of carbonyl (C=O) groups is 1. The van der Waals surface area contributed by atoms with Crippen LogP contribution >= 0.6 is 0 Å². The molecule has 4 rings (SSSR count). The van der Waals surface area contributed by atoms with Crippen molar-refractivity contribution in [3.8, 4) is 0 Å². The van der Waals surface area contributed by atoms with Gasteiger partial charge in [-0.3, -0.25) is 4.79 Å². The number of rotatable bonds is 3. The van der Waals surface area contributed by atoms with Crippen LogP contribution in [0.1, 0.15) is 38.5 Å². The predicted octanol–water partition coefficient (Wildman–Crippen LogP) is 1.63. The lowest BCUT2D eigenvalue weighted by molar-refractivity contribution is -0.136. The van der Waals surface area contributed by atoms with E-state index in [1.165, 1.54) is 38.5 Å². The SMILES string of the molecule is O=C(C(C1CC1)C1CC1)N1CCC2(CCNC2)C1. The van der Waals surface area contributed by atoms with E-state index in [1.807, 2.05) is 0 Å². The Morgan fingerprint density at radius 1 is 1.17 bits per heavy atom. The first-order valence-corrected chi connectivity index (χ1v) is 7.77. The van der Waals surface area contributed by atoms with E-state index in [1.54, 1.807) is 0 Å². The highest BCUT2D eigenvalue weighted by atomic mass is 16.2. The van der Waals surface area contributed by atoms with Crippen LogP contribution in [-0.2, 0) is 4.79 Å². The molecule has 3 heteroatoms. The molecule has 100 valence electrons. The molecule has 2 saturated carbocycles. The lowest BCUT2D eigenvalue weighted by Gasteiger charge is -2.26. The zero-order chi connectivity index (χ0) is 12.2. The summed E-state index contributed by atoms with van der Waals surface area (Å²) in [6, 6.07) is 0. The van der Waals surface area contributed by atoms with Crippen molar-refractivity contribution in [3.05, 3.63) is 0 Å². The molecule has 0 aromatic rings. The van der Waals surface area contributed by atoms with E-state index in [4.69, 9.17) is 0 Å². The van der Waals surface area contributed by atoms with E-state index >= 15 is 0 Å². The number of hydrogen-bond donors (Lipinski definition) is 1. The first kappa shape index (κ1) is 11.3. The molecule has 0 radical (unpaired) electrons. The molecule has 2 saturated heterocycles. The van der Waals surface area contributed by atoms with E-state index in [9.17, 15) is 4.79 Å². The van der Waals surface area contributed by atoms with Gasteiger partial charge in [0.1, 0.15) is 0 Å². The van der Waals surface area contributed by atoms with Crippen molar-refractivity contribution in [1.82, 2.24) is 10.2 Å². The second-order valence-electron chi connectivity index (χ2n) is 7.14. The Morgan fingerprint density at radius 2 is 1.89 bits per heavy atom. The van der Waals surface area contributed by atoms with Crippen molar-refractivity contribution in [1.29, 1.82) is 0 Å². The van der Waals surface area contributed by atoms with E-state index in [-0.39, 0.29) is 0 Å². The lowest BCUT2D eigenvalue weighted by Crippen LogP contribution is -2.38. The van der Waals surface area contributed by atoms with Crippen LogP contribution < -0.4 is 5.32 Å². The minimum Gasteiger partial charge on any atom is -0.342 e. The van der Waals surface area contributed by atoms with Crippen LogP contribution in [0.2, 0.25) is 0 Å². The largest absolute Gasteiger partial charge is 0.342 e. The third kappa shape index (κ3) is 1.87. The second-order valence-corrected chi connectivity index (χ2v) is 7.14. The third-order valence-electron chi connectivity index (χ3n) is 5.63. The van der Waals surface area contributed by atoms with Crippen molar-refractivity contribution in [2.75, 3.05) is 26.2 Å². The maximum atomic E-state index is 12.8. The molecular weight excluding hydrogens is 224 g/mol. The fourth-order valence-electron chi connectivity index (χ4n) is 4.18. The van der Waals surface area contributed by atoms with Crippen molar-refractivity contribution in [2.45, 2.75) is 38.5 Å². The Morgan fingerprint density at radius 3 is 2.44 bits per heavy atom. The Labute approximate surface area is 109 Å². The molecule has 4 aliphatic rings. The average molecular weight is 248 g/mol. The topological polar surface area (TPSA) is 32.3 Å². The summed E-state index contributed by atoms with van der Waals surface area (Å²) < 4.78 is 0. The van der Waals surface area contributed by atoms with E-state index < -0.39 is 0 Å². The molecule has 2 heterocycles. The molecule has 2 aliphatic carbocycles. The maximum Gasteiger partial charge on any atom is 0.226 e. The number of likely N-dealkylation sites (tertiary alicyclic amines) is 1. The first-order chi connectivity index (χ1) is 8.77. The summed E-state index contributed by atoms with van der Waals surface area (Å²) in [6.45, 7) is 4.34. The van der Waals surface area contributed by atoms with Gasteiger partial charge in [-0.05, 0) is 56.9 Å². The van der Waals surface area contributed by atoms with Gasteiger partial charge in [0.15, 0.2) is 0 Å². The number of amides is 1. The summed E-state index contributed by atoms with van der Waals surface area (Å²) in [6.07, 6.45) is 7.75. The summed E-state index contributed by atoms with van der Waals surface area (Å²) in [5.74, 6) is 2.43. The van der Waals surface area contributed by atoms with E-state index in [0.29, 0.717) is 17.2 Å². The number of nitrogens with zero attached hydrogens (tertiary/aromatic N) is 1. The summed E-state index contributed by atoms with van der Waals surface area (Å²) in [5.41, 5.74) is 0.438. The number of hydrogen-bond acceptors (Lipinski definition) is 2. The molecule has 18 heavy (non-hydrogen) atoms. The van der Waals surface area contributed by atoms with Gasteiger partial charge < -0.3 is 10.2 Å². The number of nitrogens with one attached hydrogen (secondary N) is 1. The van der Waals surface area contributed by atoms with Crippen LogP contribution in [0.5, 0.6) is 0 Å². The molecule has 1 unspecified atom stereocenters. The zero-order valence-corrected chi connectivity index (χ0v) is 11.2. The normalized spacial score (nSPS) is 35.9. The monoisotopic (exact) mass is 248 g/mol. The quantitative estimate of drug-likeness (QED) is 0.823. The van der Waals surface area contributed by atoms with Crippen LogP contribution in [-0.4, -0.2) is 37.0 Å². The van der Waals surface area contributed by atoms with Gasteiger partial charge in [-0.15, -0.1) is 0 Å². The summed E-state index contributed by atoms with van der Waals surface area (Å²) >= 11 is 0. The van der Waals surface area contributed by atoms with Crippen molar-refractivity contribution >= 4 is 5.91 Å². The van der Waals surface area contributed by atoms with Gasteiger partial charge in [-0.1, -0.05) is 0 Å². The molecule has 1 N–H and O–H groups in total. The van der Waals surface area contributed by atoms with Gasteiger partial charge in [-0.2, -0.15) is 0 Å².